The average Bonchev–Trinajstić information content (AvgIpc) is 3.21. The van der Waals surface area contributed by atoms with Gasteiger partial charge in [0.1, 0.15) is 17.7 Å². The van der Waals surface area contributed by atoms with Crippen molar-refractivity contribution in [3.63, 3.8) is 0 Å². The number of nitrogens with one attached hydrogen (secondary N) is 2. The second-order valence-electron chi connectivity index (χ2n) is 7.86. The average molecular weight is 556 g/mol. The number of hydrogen-bond donors (Lipinski definition) is 2. The fourth-order valence-electron chi connectivity index (χ4n) is 4.30. The molecule has 3 heterocycles. The summed E-state index contributed by atoms with van der Waals surface area (Å²) in [5.74, 6) is -1.51. The number of hydrogen-bond acceptors (Lipinski definition) is 5. The van der Waals surface area contributed by atoms with Gasteiger partial charge in [0.05, 0.1) is 27.9 Å². The van der Waals surface area contributed by atoms with Crippen LogP contribution in [0.2, 0.25) is 0 Å². The zero-order chi connectivity index (χ0) is 23.1. The van der Waals surface area contributed by atoms with E-state index in [4.69, 9.17) is 0 Å². The molecule has 0 saturated carbocycles. The Kier molecular flexibility index (Phi) is 5.72. The summed E-state index contributed by atoms with van der Waals surface area (Å²) in [5.41, 5.74) is 3.20. The van der Waals surface area contributed by atoms with Crippen LogP contribution in [0.1, 0.15) is 11.3 Å². The zero-order valence-electron chi connectivity index (χ0n) is 17.7. The van der Waals surface area contributed by atoms with E-state index in [0.29, 0.717) is 22.3 Å². The van der Waals surface area contributed by atoms with Crippen molar-refractivity contribution in [2.45, 2.75) is 6.92 Å². The van der Waals surface area contributed by atoms with Crippen LogP contribution in [-0.4, -0.2) is 41.4 Å². The molecule has 2 aromatic heterocycles. The minimum atomic E-state index is -0.771. The SMILES string of the molecule is Cc1n[nH]c2nc(-c3c(F)ccc(I)c3F)c(C#N)c(-c3ccc(N4CCNCC4)cc3)c12. The van der Waals surface area contributed by atoms with Gasteiger partial charge in [-0.2, -0.15) is 10.4 Å². The highest BCUT2D eigenvalue weighted by Gasteiger charge is 2.25. The van der Waals surface area contributed by atoms with Gasteiger partial charge in [-0.05, 0) is 59.3 Å². The number of rotatable bonds is 3. The molecule has 1 aliphatic heterocycles. The van der Waals surface area contributed by atoms with E-state index in [0.717, 1.165) is 37.4 Å². The lowest BCUT2D eigenvalue weighted by atomic mass is 9.93. The van der Waals surface area contributed by atoms with Crippen molar-refractivity contribution < 1.29 is 8.78 Å². The fraction of sp³-hybridized carbons (Fsp3) is 0.208. The van der Waals surface area contributed by atoms with E-state index in [1.54, 1.807) is 22.6 Å². The van der Waals surface area contributed by atoms with Crippen LogP contribution in [0.4, 0.5) is 14.5 Å². The number of aryl methyl sites for hydroxylation is 1. The second kappa shape index (κ2) is 8.68. The molecule has 0 amide bonds. The molecule has 6 nitrogen and oxygen atoms in total. The lowest BCUT2D eigenvalue weighted by Crippen LogP contribution is -2.43. The quantitative estimate of drug-likeness (QED) is 0.281. The normalized spacial score (nSPS) is 14.0. The molecule has 0 spiro atoms. The van der Waals surface area contributed by atoms with E-state index in [1.807, 2.05) is 31.2 Å². The van der Waals surface area contributed by atoms with Crippen molar-refractivity contribution in [2.24, 2.45) is 0 Å². The van der Waals surface area contributed by atoms with Gasteiger partial charge in [-0.25, -0.2) is 13.8 Å². The van der Waals surface area contributed by atoms with Gasteiger partial charge in [-0.15, -0.1) is 0 Å². The molecule has 2 N–H and O–H groups in total. The molecule has 33 heavy (non-hydrogen) atoms. The smallest absolute Gasteiger partial charge is 0.156 e. The number of anilines is 1. The predicted octanol–water partition coefficient (Wildman–Crippen LogP) is 4.76. The standard InChI is InChI=1S/C24H19F2IN6/c1-13-19-20(14-2-4-15(5-3-14)33-10-8-29-9-11-33)16(12-28)23(30-24(19)32-31-13)21-17(25)6-7-18(27)22(21)26/h2-7,29H,8-11H2,1H3,(H,30,31,32). The highest BCUT2D eigenvalue weighted by molar-refractivity contribution is 14.1. The molecule has 0 radical (unpaired) electrons. The Morgan fingerprint density at radius 2 is 1.79 bits per heavy atom. The van der Waals surface area contributed by atoms with Gasteiger partial charge >= 0.3 is 0 Å². The summed E-state index contributed by atoms with van der Waals surface area (Å²) in [7, 11) is 0. The first kappa shape index (κ1) is 21.7. The first-order chi connectivity index (χ1) is 16.0. The molecular formula is C24H19F2IN6. The van der Waals surface area contributed by atoms with E-state index < -0.39 is 11.6 Å². The van der Waals surface area contributed by atoms with Gasteiger partial charge in [-0.1, -0.05) is 12.1 Å². The van der Waals surface area contributed by atoms with E-state index in [-0.39, 0.29) is 20.4 Å². The Morgan fingerprint density at radius 1 is 1.06 bits per heavy atom. The van der Waals surface area contributed by atoms with Crippen molar-refractivity contribution >= 4 is 39.3 Å². The first-order valence-corrected chi connectivity index (χ1v) is 11.6. The van der Waals surface area contributed by atoms with Crippen molar-refractivity contribution in [3.8, 4) is 28.5 Å². The Balaban J connectivity index is 1.75. The summed E-state index contributed by atoms with van der Waals surface area (Å²) in [4.78, 5) is 6.73. The molecular weight excluding hydrogens is 537 g/mol. The van der Waals surface area contributed by atoms with Gasteiger partial charge in [0, 0.05) is 41.0 Å². The largest absolute Gasteiger partial charge is 0.369 e. The second-order valence-corrected chi connectivity index (χ2v) is 9.02. The Morgan fingerprint density at radius 3 is 2.48 bits per heavy atom. The summed E-state index contributed by atoms with van der Waals surface area (Å²) >= 11 is 1.80. The van der Waals surface area contributed by atoms with Gasteiger partial charge < -0.3 is 10.2 Å². The number of H-pyrrole nitrogens is 1. The number of aromatic amines is 1. The summed E-state index contributed by atoms with van der Waals surface area (Å²) in [6.45, 7) is 5.50. The third kappa shape index (κ3) is 3.73. The van der Waals surface area contributed by atoms with Gasteiger partial charge in [-0.3, -0.25) is 5.10 Å². The molecule has 0 bridgehead atoms. The molecule has 0 unspecified atom stereocenters. The fourth-order valence-corrected chi connectivity index (χ4v) is 4.75. The number of piperazine rings is 1. The molecule has 4 aromatic rings. The number of fused-ring (bicyclic) bond motifs is 1. The first-order valence-electron chi connectivity index (χ1n) is 10.5. The van der Waals surface area contributed by atoms with Crippen molar-refractivity contribution in [1.29, 1.82) is 5.26 Å². The molecule has 0 aliphatic carbocycles. The Bertz CT molecular complexity index is 1400. The third-order valence-electron chi connectivity index (χ3n) is 5.92. The highest BCUT2D eigenvalue weighted by atomic mass is 127. The van der Waals surface area contributed by atoms with Crippen LogP contribution in [0, 0.1) is 33.5 Å². The van der Waals surface area contributed by atoms with Crippen LogP contribution in [0.25, 0.3) is 33.4 Å². The maximum atomic E-state index is 15.0. The number of benzene rings is 2. The monoisotopic (exact) mass is 556 g/mol. The van der Waals surface area contributed by atoms with Crippen LogP contribution in [0.5, 0.6) is 0 Å². The summed E-state index contributed by atoms with van der Waals surface area (Å²) < 4.78 is 30.1. The summed E-state index contributed by atoms with van der Waals surface area (Å²) in [6.07, 6.45) is 0. The van der Waals surface area contributed by atoms with E-state index in [2.05, 4.69) is 31.5 Å². The van der Waals surface area contributed by atoms with Crippen molar-refractivity contribution in [2.75, 3.05) is 31.1 Å². The summed E-state index contributed by atoms with van der Waals surface area (Å²) in [6, 6.07) is 12.6. The molecule has 0 atom stereocenters. The van der Waals surface area contributed by atoms with E-state index in [9.17, 15) is 9.65 Å². The zero-order valence-corrected chi connectivity index (χ0v) is 19.9. The van der Waals surface area contributed by atoms with E-state index >= 15 is 4.39 Å². The maximum Gasteiger partial charge on any atom is 0.156 e. The third-order valence-corrected chi connectivity index (χ3v) is 6.75. The number of halogens is 3. The number of pyridine rings is 1. The van der Waals surface area contributed by atoms with Gasteiger partial charge in [0.25, 0.3) is 0 Å². The van der Waals surface area contributed by atoms with Crippen LogP contribution < -0.4 is 10.2 Å². The number of aromatic nitrogens is 3. The number of nitriles is 1. The molecule has 2 aromatic carbocycles. The minimum Gasteiger partial charge on any atom is -0.369 e. The lowest BCUT2D eigenvalue weighted by Gasteiger charge is -2.29. The molecule has 166 valence electrons. The highest BCUT2D eigenvalue weighted by Crippen LogP contribution is 2.39. The van der Waals surface area contributed by atoms with Crippen molar-refractivity contribution in [3.05, 3.63) is 62.9 Å². The minimum absolute atomic E-state index is 0.0386. The van der Waals surface area contributed by atoms with Crippen LogP contribution >= 0.6 is 22.6 Å². The molecule has 1 aliphatic rings. The van der Waals surface area contributed by atoms with Crippen molar-refractivity contribution in [1.82, 2.24) is 20.5 Å². The van der Waals surface area contributed by atoms with Gasteiger partial charge in [0.15, 0.2) is 5.65 Å². The van der Waals surface area contributed by atoms with Crippen LogP contribution in [0.3, 0.4) is 0 Å². The predicted molar refractivity (Wildman–Crippen MR) is 132 cm³/mol. The lowest BCUT2D eigenvalue weighted by molar-refractivity contribution is 0.584. The molecule has 9 heteroatoms. The Hall–Kier alpha value is -3.10. The summed E-state index contributed by atoms with van der Waals surface area (Å²) in [5, 5.41) is 21.2. The number of nitrogens with zero attached hydrogens (tertiary/aromatic N) is 4. The molecule has 1 fully saturated rings. The Labute approximate surface area is 202 Å². The molecule has 1 saturated heterocycles. The van der Waals surface area contributed by atoms with Crippen LogP contribution in [0.15, 0.2) is 36.4 Å². The molecule has 5 rings (SSSR count). The topological polar surface area (TPSA) is 80.6 Å². The van der Waals surface area contributed by atoms with E-state index in [1.165, 1.54) is 12.1 Å². The van der Waals surface area contributed by atoms with Gasteiger partial charge in [0.2, 0.25) is 0 Å². The maximum absolute atomic E-state index is 15.0. The van der Waals surface area contributed by atoms with Crippen LogP contribution in [-0.2, 0) is 0 Å².